The maximum absolute atomic E-state index is 3.71. The van der Waals surface area contributed by atoms with Gasteiger partial charge < -0.3 is 5.32 Å². The first-order chi connectivity index (χ1) is 8.74. The molecule has 1 saturated heterocycles. The van der Waals surface area contributed by atoms with Crippen molar-refractivity contribution in [3.63, 3.8) is 0 Å². The van der Waals surface area contributed by atoms with E-state index in [1.54, 1.807) is 0 Å². The maximum Gasteiger partial charge on any atom is 0.0490 e. The van der Waals surface area contributed by atoms with Gasteiger partial charge in [-0.25, -0.2) is 0 Å². The molecule has 2 heterocycles. The van der Waals surface area contributed by atoms with Gasteiger partial charge in [0.1, 0.15) is 0 Å². The van der Waals surface area contributed by atoms with Gasteiger partial charge in [0.15, 0.2) is 0 Å². The third-order valence-corrected chi connectivity index (χ3v) is 5.77. The van der Waals surface area contributed by atoms with E-state index < -0.39 is 0 Å². The SMILES string of the molecule is CCNCC1CCCCN(C)C1c1sccc1Br. The van der Waals surface area contributed by atoms with Crippen LogP contribution >= 0.6 is 27.3 Å². The quantitative estimate of drug-likeness (QED) is 0.900. The molecule has 0 aromatic carbocycles. The van der Waals surface area contributed by atoms with Crippen molar-refractivity contribution in [2.24, 2.45) is 5.92 Å². The highest BCUT2D eigenvalue weighted by molar-refractivity contribution is 9.10. The molecule has 2 atom stereocenters. The predicted molar refractivity (Wildman–Crippen MR) is 83.3 cm³/mol. The smallest absolute Gasteiger partial charge is 0.0490 e. The van der Waals surface area contributed by atoms with Crippen LogP contribution in [0, 0.1) is 5.92 Å². The van der Waals surface area contributed by atoms with Crippen LogP contribution in [0.25, 0.3) is 0 Å². The van der Waals surface area contributed by atoms with Crippen LogP contribution in [0.2, 0.25) is 0 Å². The van der Waals surface area contributed by atoms with Crippen LogP contribution in [-0.4, -0.2) is 31.6 Å². The summed E-state index contributed by atoms with van der Waals surface area (Å²) in [6, 6.07) is 2.75. The van der Waals surface area contributed by atoms with Crippen molar-refractivity contribution in [3.05, 3.63) is 20.8 Å². The van der Waals surface area contributed by atoms with E-state index in [9.17, 15) is 0 Å². The van der Waals surface area contributed by atoms with E-state index in [2.05, 4.69) is 51.6 Å². The lowest BCUT2D eigenvalue weighted by Crippen LogP contribution is -2.34. The van der Waals surface area contributed by atoms with Crippen molar-refractivity contribution >= 4 is 27.3 Å². The molecule has 1 aromatic rings. The minimum absolute atomic E-state index is 0.570. The number of thiophene rings is 1. The Labute approximate surface area is 123 Å². The van der Waals surface area contributed by atoms with Crippen LogP contribution < -0.4 is 5.32 Å². The fourth-order valence-corrected chi connectivity index (χ4v) is 4.76. The van der Waals surface area contributed by atoms with Crippen molar-refractivity contribution in [1.82, 2.24) is 10.2 Å². The second-order valence-corrected chi connectivity index (χ2v) is 6.92. The number of likely N-dealkylation sites (tertiary alicyclic amines) is 1. The van der Waals surface area contributed by atoms with Gasteiger partial charge in [-0.2, -0.15) is 0 Å². The molecule has 1 fully saturated rings. The predicted octanol–water partition coefficient (Wildman–Crippen LogP) is 3.89. The molecule has 2 nitrogen and oxygen atoms in total. The molecule has 0 saturated carbocycles. The van der Waals surface area contributed by atoms with Gasteiger partial charge in [0, 0.05) is 15.4 Å². The van der Waals surface area contributed by atoms with E-state index in [0.717, 1.165) is 19.0 Å². The largest absolute Gasteiger partial charge is 0.317 e. The summed E-state index contributed by atoms with van der Waals surface area (Å²) in [6.45, 7) is 5.61. The Hall–Kier alpha value is 0.100. The zero-order valence-corrected chi connectivity index (χ0v) is 13.7. The number of hydrogen-bond donors (Lipinski definition) is 1. The lowest BCUT2D eigenvalue weighted by atomic mass is 9.93. The Morgan fingerprint density at radius 3 is 3.00 bits per heavy atom. The third-order valence-electron chi connectivity index (χ3n) is 3.83. The van der Waals surface area contributed by atoms with Gasteiger partial charge >= 0.3 is 0 Å². The molecule has 18 heavy (non-hydrogen) atoms. The average Bonchev–Trinajstić information content (AvgIpc) is 2.68. The normalized spacial score (nSPS) is 26.2. The Morgan fingerprint density at radius 1 is 1.50 bits per heavy atom. The van der Waals surface area contributed by atoms with E-state index in [-0.39, 0.29) is 0 Å². The molecule has 0 radical (unpaired) electrons. The topological polar surface area (TPSA) is 15.3 Å². The van der Waals surface area contributed by atoms with Crippen molar-refractivity contribution < 1.29 is 0 Å². The summed E-state index contributed by atoms with van der Waals surface area (Å²) in [4.78, 5) is 4.05. The van der Waals surface area contributed by atoms with Crippen LogP contribution in [0.5, 0.6) is 0 Å². The number of nitrogens with zero attached hydrogens (tertiary/aromatic N) is 1. The monoisotopic (exact) mass is 330 g/mol. The summed E-state index contributed by atoms with van der Waals surface area (Å²) in [5, 5.41) is 5.74. The number of hydrogen-bond acceptors (Lipinski definition) is 3. The summed E-state index contributed by atoms with van der Waals surface area (Å²) in [5.41, 5.74) is 0. The summed E-state index contributed by atoms with van der Waals surface area (Å²) in [7, 11) is 2.28. The second-order valence-electron chi connectivity index (χ2n) is 5.12. The molecular weight excluding hydrogens is 308 g/mol. The van der Waals surface area contributed by atoms with Gasteiger partial charge in [-0.15, -0.1) is 11.3 Å². The summed E-state index contributed by atoms with van der Waals surface area (Å²) >= 11 is 5.60. The van der Waals surface area contributed by atoms with Crippen molar-refractivity contribution in [2.45, 2.75) is 32.2 Å². The first kappa shape index (κ1) is 14.5. The zero-order valence-electron chi connectivity index (χ0n) is 11.3. The highest BCUT2D eigenvalue weighted by Crippen LogP contribution is 2.40. The van der Waals surface area contributed by atoms with Gasteiger partial charge in [-0.1, -0.05) is 13.3 Å². The Kier molecular flexibility index (Phi) is 5.67. The highest BCUT2D eigenvalue weighted by atomic mass is 79.9. The molecule has 1 aromatic heterocycles. The average molecular weight is 331 g/mol. The molecule has 0 aliphatic carbocycles. The van der Waals surface area contributed by atoms with Crippen LogP contribution in [0.3, 0.4) is 0 Å². The van der Waals surface area contributed by atoms with Crippen LogP contribution in [-0.2, 0) is 0 Å². The first-order valence-corrected chi connectivity index (χ1v) is 8.55. The van der Waals surface area contributed by atoms with Gasteiger partial charge in [-0.3, -0.25) is 4.90 Å². The van der Waals surface area contributed by atoms with Crippen LogP contribution in [0.4, 0.5) is 0 Å². The molecular formula is C14H23BrN2S. The maximum atomic E-state index is 3.71. The number of nitrogens with one attached hydrogen (secondary N) is 1. The molecule has 102 valence electrons. The van der Waals surface area contributed by atoms with Gasteiger partial charge in [0.2, 0.25) is 0 Å². The van der Waals surface area contributed by atoms with Crippen LogP contribution in [0.1, 0.15) is 37.1 Å². The summed E-state index contributed by atoms with van der Waals surface area (Å²) in [6.07, 6.45) is 4.03. The minimum atomic E-state index is 0.570. The van der Waals surface area contributed by atoms with Crippen molar-refractivity contribution in [2.75, 3.05) is 26.7 Å². The first-order valence-electron chi connectivity index (χ1n) is 6.88. The molecule has 1 aliphatic rings. The minimum Gasteiger partial charge on any atom is -0.317 e. The van der Waals surface area contributed by atoms with Crippen LogP contribution in [0.15, 0.2) is 15.9 Å². The van der Waals surface area contributed by atoms with Gasteiger partial charge in [0.05, 0.1) is 0 Å². The standard InChI is InChI=1S/C14H23BrN2S/c1-3-16-10-11-6-4-5-8-17(2)13(11)14-12(15)7-9-18-14/h7,9,11,13,16H,3-6,8,10H2,1-2H3. The molecule has 0 spiro atoms. The molecule has 0 bridgehead atoms. The number of rotatable bonds is 4. The molecule has 1 aliphatic heterocycles. The zero-order chi connectivity index (χ0) is 13.0. The summed E-state index contributed by atoms with van der Waals surface area (Å²) in [5.74, 6) is 0.729. The van der Waals surface area contributed by atoms with E-state index in [1.165, 1.54) is 35.2 Å². The van der Waals surface area contributed by atoms with E-state index in [1.807, 2.05) is 11.3 Å². The number of halogens is 1. The molecule has 0 amide bonds. The molecule has 2 unspecified atom stereocenters. The van der Waals surface area contributed by atoms with Crippen molar-refractivity contribution in [1.29, 1.82) is 0 Å². The Morgan fingerprint density at radius 2 is 2.33 bits per heavy atom. The highest BCUT2D eigenvalue weighted by Gasteiger charge is 2.30. The molecule has 4 heteroatoms. The molecule has 1 N–H and O–H groups in total. The Balaban J connectivity index is 2.20. The fourth-order valence-electron chi connectivity index (χ4n) is 2.90. The van der Waals surface area contributed by atoms with E-state index in [4.69, 9.17) is 0 Å². The van der Waals surface area contributed by atoms with Crippen molar-refractivity contribution in [3.8, 4) is 0 Å². The van der Waals surface area contributed by atoms with Gasteiger partial charge in [-0.05, 0) is 72.8 Å². The Bertz CT molecular complexity index is 366. The second kappa shape index (κ2) is 7.04. The lowest BCUT2D eigenvalue weighted by Gasteiger charge is -2.32. The third kappa shape index (κ3) is 3.35. The fraction of sp³-hybridized carbons (Fsp3) is 0.714. The summed E-state index contributed by atoms with van der Waals surface area (Å²) < 4.78 is 1.28. The molecule has 2 rings (SSSR count). The lowest BCUT2D eigenvalue weighted by molar-refractivity contribution is 0.192. The van der Waals surface area contributed by atoms with E-state index in [0.29, 0.717) is 6.04 Å². The van der Waals surface area contributed by atoms with Gasteiger partial charge in [0.25, 0.3) is 0 Å². The van der Waals surface area contributed by atoms with E-state index >= 15 is 0 Å².